The summed E-state index contributed by atoms with van der Waals surface area (Å²) in [5.41, 5.74) is 2.67. The lowest BCUT2D eigenvalue weighted by Gasteiger charge is -2.15. The molecule has 0 spiro atoms. The molecule has 3 rings (SSSR count). The highest BCUT2D eigenvalue weighted by molar-refractivity contribution is 5.97. The van der Waals surface area contributed by atoms with Gasteiger partial charge in [0.2, 0.25) is 5.91 Å². The van der Waals surface area contributed by atoms with E-state index in [4.69, 9.17) is 4.74 Å². The van der Waals surface area contributed by atoms with Crippen LogP contribution in [0.2, 0.25) is 0 Å². The van der Waals surface area contributed by atoms with E-state index in [-0.39, 0.29) is 11.8 Å². The Kier molecular flexibility index (Phi) is 5.89. The summed E-state index contributed by atoms with van der Waals surface area (Å²) in [6, 6.07) is 15.2. The Morgan fingerprint density at radius 1 is 1.19 bits per heavy atom. The maximum absolute atomic E-state index is 12.2. The Hall–Kier alpha value is -2.82. The molecule has 0 atom stereocenters. The Morgan fingerprint density at radius 3 is 2.69 bits per heavy atom. The molecule has 1 aliphatic rings. The van der Waals surface area contributed by atoms with Gasteiger partial charge < -0.3 is 15.0 Å². The molecule has 1 N–H and O–H groups in total. The molecule has 5 heteroatoms. The standard InChI is InChI=1S/C21H24N2O3/c1-26-19-7-2-5-16(15-19)6-3-13-22-21(25)17-9-11-18(12-10-17)23-14-4-8-20(23)24/h2,5,7,9-12,15H,3-4,6,8,13-14H2,1H3,(H,22,25). The van der Waals surface area contributed by atoms with Crippen LogP contribution >= 0.6 is 0 Å². The van der Waals surface area contributed by atoms with E-state index in [0.717, 1.165) is 37.2 Å². The molecule has 0 aliphatic carbocycles. The van der Waals surface area contributed by atoms with Gasteiger partial charge in [0, 0.05) is 30.8 Å². The fourth-order valence-electron chi connectivity index (χ4n) is 3.14. The number of hydrogen-bond acceptors (Lipinski definition) is 3. The minimum atomic E-state index is -0.0880. The number of hydrogen-bond donors (Lipinski definition) is 1. The lowest BCUT2D eigenvalue weighted by Crippen LogP contribution is -2.25. The van der Waals surface area contributed by atoms with Crippen molar-refractivity contribution in [3.63, 3.8) is 0 Å². The number of anilines is 1. The topological polar surface area (TPSA) is 58.6 Å². The highest BCUT2D eigenvalue weighted by Gasteiger charge is 2.21. The molecule has 2 aromatic rings. The Balaban J connectivity index is 1.46. The van der Waals surface area contributed by atoms with E-state index >= 15 is 0 Å². The SMILES string of the molecule is COc1cccc(CCCNC(=O)c2ccc(N3CCCC3=O)cc2)c1. The van der Waals surface area contributed by atoms with Crippen molar-refractivity contribution in [2.75, 3.05) is 25.1 Å². The average molecular weight is 352 g/mol. The maximum atomic E-state index is 12.2. The summed E-state index contributed by atoms with van der Waals surface area (Å²) in [7, 11) is 1.66. The van der Waals surface area contributed by atoms with E-state index in [1.165, 1.54) is 5.56 Å². The number of rotatable bonds is 7. The van der Waals surface area contributed by atoms with Crippen molar-refractivity contribution in [2.45, 2.75) is 25.7 Å². The summed E-state index contributed by atoms with van der Waals surface area (Å²) >= 11 is 0. The van der Waals surface area contributed by atoms with Crippen molar-refractivity contribution in [3.8, 4) is 5.75 Å². The van der Waals surface area contributed by atoms with Crippen molar-refractivity contribution in [1.82, 2.24) is 5.32 Å². The van der Waals surface area contributed by atoms with Crippen LogP contribution in [0.4, 0.5) is 5.69 Å². The Morgan fingerprint density at radius 2 is 2.00 bits per heavy atom. The molecule has 0 unspecified atom stereocenters. The highest BCUT2D eigenvalue weighted by Crippen LogP contribution is 2.21. The van der Waals surface area contributed by atoms with Gasteiger partial charge in [0.15, 0.2) is 0 Å². The van der Waals surface area contributed by atoms with Crippen LogP contribution < -0.4 is 15.0 Å². The van der Waals surface area contributed by atoms with E-state index < -0.39 is 0 Å². The van der Waals surface area contributed by atoms with Crippen molar-refractivity contribution >= 4 is 17.5 Å². The van der Waals surface area contributed by atoms with Crippen LogP contribution in [0.5, 0.6) is 5.75 Å². The first-order chi connectivity index (χ1) is 12.7. The van der Waals surface area contributed by atoms with E-state index in [9.17, 15) is 9.59 Å². The fraction of sp³-hybridized carbons (Fsp3) is 0.333. The first kappa shape index (κ1) is 18.0. The van der Waals surface area contributed by atoms with Crippen LogP contribution in [0, 0.1) is 0 Å². The highest BCUT2D eigenvalue weighted by atomic mass is 16.5. The molecule has 26 heavy (non-hydrogen) atoms. The molecule has 1 fully saturated rings. The summed E-state index contributed by atoms with van der Waals surface area (Å²) in [6.07, 6.45) is 3.25. The van der Waals surface area contributed by atoms with Gasteiger partial charge in [0.1, 0.15) is 5.75 Å². The van der Waals surface area contributed by atoms with Crippen LogP contribution in [0.25, 0.3) is 0 Å². The molecule has 136 valence electrons. The molecule has 5 nitrogen and oxygen atoms in total. The largest absolute Gasteiger partial charge is 0.497 e. The summed E-state index contributed by atoms with van der Waals surface area (Å²) in [5.74, 6) is 0.915. The second-order valence-corrected chi connectivity index (χ2v) is 6.41. The molecule has 1 aliphatic heterocycles. The van der Waals surface area contributed by atoms with Gasteiger partial charge in [-0.05, 0) is 61.2 Å². The van der Waals surface area contributed by atoms with Crippen molar-refractivity contribution in [2.24, 2.45) is 0 Å². The monoisotopic (exact) mass is 352 g/mol. The minimum Gasteiger partial charge on any atom is -0.497 e. The third kappa shape index (κ3) is 4.42. The Bertz CT molecular complexity index is 771. The number of nitrogens with one attached hydrogen (secondary N) is 1. The number of amides is 2. The van der Waals surface area contributed by atoms with E-state index in [1.807, 2.05) is 30.3 Å². The van der Waals surface area contributed by atoms with Crippen LogP contribution in [0.3, 0.4) is 0 Å². The van der Waals surface area contributed by atoms with Gasteiger partial charge in [-0.25, -0.2) is 0 Å². The third-order valence-electron chi connectivity index (χ3n) is 4.58. The predicted molar refractivity (Wildman–Crippen MR) is 102 cm³/mol. The van der Waals surface area contributed by atoms with Crippen LogP contribution in [0.15, 0.2) is 48.5 Å². The smallest absolute Gasteiger partial charge is 0.251 e. The van der Waals surface area contributed by atoms with Crippen molar-refractivity contribution in [1.29, 1.82) is 0 Å². The second-order valence-electron chi connectivity index (χ2n) is 6.41. The first-order valence-corrected chi connectivity index (χ1v) is 8.99. The number of ether oxygens (including phenoxy) is 1. The zero-order valence-electron chi connectivity index (χ0n) is 15.0. The summed E-state index contributed by atoms with van der Waals surface area (Å²) in [6.45, 7) is 1.37. The van der Waals surface area contributed by atoms with Crippen molar-refractivity contribution < 1.29 is 14.3 Å². The summed E-state index contributed by atoms with van der Waals surface area (Å²) in [5, 5.41) is 2.94. The van der Waals surface area contributed by atoms with Gasteiger partial charge in [-0.3, -0.25) is 9.59 Å². The lowest BCUT2D eigenvalue weighted by molar-refractivity contribution is -0.117. The molecule has 0 aromatic heterocycles. The number of carbonyl (C=O) groups excluding carboxylic acids is 2. The lowest BCUT2D eigenvalue weighted by atomic mass is 10.1. The molecular weight excluding hydrogens is 328 g/mol. The van der Waals surface area contributed by atoms with E-state index in [2.05, 4.69) is 11.4 Å². The number of carbonyl (C=O) groups is 2. The maximum Gasteiger partial charge on any atom is 0.251 e. The van der Waals surface area contributed by atoms with Gasteiger partial charge in [-0.1, -0.05) is 12.1 Å². The molecule has 1 heterocycles. The van der Waals surface area contributed by atoms with Gasteiger partial charge in [0.25, 0.3) is 5.91 Å². The molecule has 0 bridgehead atoms. The van der Waals surface area contributed by atoms with Crippen LogP contribution in [-0.4, -0.2) is 32.0 Å². The summed E-state index contributed by atoms with van der Waals surface area (Å²) in [4.78, 5) is 25.8. The Labute approximate surface area is 154 Å². The number of aryl methyl sites for hydroxylation is 1. The number of methoxy groups -OCH3 is 1. The molecule has 2 amide bonds. The zero-order chi connectivity index (χ0) is 18.4. The van der Waals surface area contributed by atoms with E-state index in [1.54, 1.807) is 24.1 Å². The molecule has 2 aromatic carbocycles. The normalized spacial score (nSPS) is 13.7. The van der Waals surface area contributed by atoms with Gasteiger partial charge in [-0.2, -0.15) is 0 Å². The third-order valence-corrected chi connectivity index (χ3v) is 4.58. The predicted octanol–water partition coefficient (Wildman–Crippen LogP) is 3.18. The summed E-state index contributed by atoms with van der Waals surface area (Å²) < 4.78 is 5.22. The van der Waals surface area contributed by atoms with Crippen LogP contribution in [-0.2, 0) is 11.2 Å². The molecular formula is C21H24N2O3. The minimum absolute atomic E-state index is 0.0880. The zero-order valence-corrected chi connectivity index (χ0v) is 15.0. The second kappa shape index (κ2) is 8.52. The van der Waals surface area contributed by atoms with Gasteiger partial charge in [0.05, 0.1) is 7.11 Å². The number of nitrogens with zero attached hydrogens (tertiary/aromatic N) is 1. The first-order valence-electron chi connectivity index (χ1n) is 8.99. The molecule has 1 saturated heterocycles. The average Bonchev–Trinajstić information content (AvgIpc) is 3.11. The quantitative estimate of drug-likeness (QED) is 0.779. The van der Waals surface area contributed by atoms with Crippen LogP contribution in [0.1, 0.15) is 35.2 Å². The fourth-order valence-corrected chi connectivity index (χ4v) is 3.14. The van der Waals surface area contributed by atoms with Gasteiger partial charge in [-0.15, -0.1) is 0 Å². The van der Waals surface area contributed by atoms with E-state index in [0.29, 0.717) is 18.5 Å². The van der Waals surface area contributed by atoms with Crippen molar-refractivity contribution in [3.05, 3.63) is 59.7 Å². The molecule has 0 radical (unpaired) electrons. The number of benzene rings is 2. The molecule has 0 saturated carbocycles. The van der Waals surface area contributed by atoms with Gasteiger partial charge >= 0.3 is 0 Å².